The van der Waals surface area contributed by atoms with E-state index in [4.69, 9.17) is 15.6 Å². The van der Waals surface area contributed by atoms with Crippen molar-refractivity contribution in [2.45, 2.75) is 24.9 Å². The summed E-state index contributed by atoms with van der Waals surface area (Å²) in [5.41, 5.74) is 6.02. The number of piperidine rings is 1. The largest absolute Gasteiger partial charge is 0.490 e. The van der Waals surface area contributed by atoms with E-state index in [-0.39, 0.29) is 5.91 Å². The van der Waals surface area contributed by atoms with Crippen molar-refractivity contribution in [3.8, 4) is 0 Å². The third-order valence-electron chi connectivity index (χ3n) is 2.87. The summed E-state index contributed by atoms with van der Waals surface area (Å²) in [6, 6.07) is 1.83. The minimum absolute atomic E-state index is 0.299. The van der Waals surface area contributed by atoms with Gasteiger partial charge >= 0.3 is 12.1 Å². The summed E-state index contributed by atoms with van der Waals surface area (Å²) in [7, 11) is 0. The third kappa shape index (κ3) is 5.35. The van der Waals surface area contributed by atoms with Crippen molar-refractivity contribution in [3.05, 3.63) is 21.9 Å². The number of nitrogens with two attached hydrogens (primary N) is 1. The number of primary amides is 1. The number of rotatable bonds is 2. The number of carboxylic acid groups (broad SMARTS) is 1. The smallest absolute Gasteiger partial charge is 0.475 e. The van der Waals surface area contributed by atoms with E-state index >= 15 is 0 Å². The molecule has 1 unspecified atom stereocenters. The SMILES string of the molecule is NC(=O)c1ccsc1C1CCCNC1.O=C(O)C(F)(F)F. The van der Waals surface area contributed by atoms with Crippen molar-refractivity contribution in [2.75, 3.05) is 13.1 Å². The Balaban J connectivity index is 0.000000270. The molecule has 0 saturated carbocycles. The Hall–Kier alpha value is -1.61. The summed E-state index contributed by atoms with van der Waals surface area (Å²) >= 11 is 1.64. The standard InChI is InChI=1S/C10H14N2OS.C2HF3O2/c11-10(13)8-3-5-14-9(8)7-2-1-4-12-6-7;3-2(4,5)1(6)7/h3,5,7,12H,1-2,4,6H2,(H2,11,13);(H,6,7). The van der Waals surface area contributed by atoms with Crippen LogP contribution in [0.1, 0.15) is 34.0 Å². The number of halogens is 3. The molecule has 0 spiro atoms. The third-order valence-corrected chi connectivity index (χ3v) is 3.95. The number of hydrogen-bond acceptors (Lipinski definition) is 4. The average molecular weight is 324 g/mol. The molecule has 118 valence electrons. The van der Waals surface area contributed by atoms with Crippen LogP contribution >= 0.6 is 11.3 Å². The minimum Gasteiger partial charge on any atom is -0.475 e. The maximum Gasteiger partial charge on any atom is 0.490 e. The first-order valence-electron chi connectivity index (χ1n) is 6.11. The predicted molar refractivity (Wildman–Crippen MR) is 71.4 cm³/mol. The number of amides is 1. The van der Waals surface area contributed by atoms with Gasteiger partial charge in [0.15, 0.2) is 0 Å². The Labute approximate surface area is 122 Å². The van der Waals surface area contributed by atoms with Crippen LogP contribution in [0.5, 0.6) is 0 Å². The molecule has 1 fully saturated rings. The van der Waals surface area contributed by atoms with E-state index in [9.17, 15) is 18.0 Å². The quantitative estimate of drug-likeness (QED) is 0.775. The van der Waals surface area contributed by atoms with Crippen LogP contribution in [0, 0.1) is 0 Å². The first-order valence-corrected chi connectivity index (χ1v) is 6.99. The lowest BCUT2D eigenvalue weighted by molar-refractivity contribution is -0.192. The highest BCUT2D eigenvalue weighted by molar-refractivity contribution is 7.10. The van der Waals surface area contributed by atoms with Crippen LogP contribution in [-0.4, -0.2) is 36.2 Å². The average Bonchev–Trinajstić information content (AvgIpc) is 2.88. The molecule has 0 aromatic carbocycles. The molecule has 1 aromatic rings. The van der Waals surface area contributed by atoms with Gasteiger partial charge in [0.25, 0.3) is 0 Å². The first kappa shape index (κ1) is 17.4. The number of thiophene rings is 1. The normalized spacial score (nSPS) is 18.5. The molecule has 21 heavy (non-hydrogen) atoms. The highest BCUT2D eigenvalue weighted by Gasteiger charge is 2.38. The molecule has 1 atom stereocenters. The van der Waals surface area contributed by atoms with Gasteiger partial charge in [-0.25, -0.2) is 4.79 Å². The highest BCUT2D eigenvalue weighted by Crippen LogP contribution is 2.30. The summed E-state index contributed by atoms with van der Waals surface area (Å²) in [6.07, 6.45) is -2.74. The lowest BCUT2D eigenvalue weighted by Crippen LogP contribution is -2.29. The van der Waals surface area contributed by atoms with Gasteiger partial charge in [-0.1, -0.05) is 0 Å². The number of nitrogens with one attached hydrogen (secondary N) is 1. The molecule has 0 bridgehead atoms. The molecule has 1 aromatic heterocycles. The van der Waals surface area contributed by atoms with Crippen molar-refractivity contribution < 1.29 is 27.9 Å². The van der Waals surface area contributed by atoms with Crippen LogP contribution in [0.25, 0.3) is 0 Å². The van der Waals surface area contributed by atoms with Crippen LogP contribution in [0.3, 0.4) is 0 Å². The fraction of sp³-hybridized carbons (Fsp3) is 0.500. The number of carbonyl (C=O) groups is 2. The molecule has 1 aliphatic heterocycles. The van der Waals surface area contributed by atoms with Crippen molar-refractivity contribution >= 4 is 23.2 Å². The summed E-state index contributed by atoms with van der Waals surface area (Å²) in [5.74, 6) is -2.58. The van der Waals surface area contributed by atoms with Crippen LogP contribution in [0.4, 0.5) is 13.2 Å². The van der Waals surface area contributed by atoms with Gasteiger partial charge in [-0.05, 0) is 30.8 Å². The zero-order valence-electron chi connectivity index (χ0n) is 10.9. The van der Waals surface area contributed by atoms with E-state index in [0.717, 1.165) is 24.4 Å². The van der Waals surface area contributed by atoms with E-state index in [0.29, 0.717) is 11.5 Å². The van der Waals surface area contributed by atoms with E-state index < -0.39 is 12.1 Å². The van der Waals surface area contributed by atoms with Gasteiger partial charge in [0.1, 0.15) is 0 Å². The van der Waals surface area contributed by atoms with Gasteiger partial charge in [-0.2, -0.15) is 13.2 Å². The van der Waals surface area contributed by atoms with Crippen LogP contribution in [0.15, 0.2) is 11.4 Å². The topological polar surface area (TPSA) is 92.4 Å². The Bertz CT molecular complexity index is 496. The van der Waals surface area contributed by atoms with Gasteiger partial charge < -0.3 is 16.2 Å². The second-order valence-electron chi connectivity index (χ2n) is 4.41. The molecule has 1 saturated heterocycles. The second-order valence-corrected chi connectivity index (χ2v) is 5.36. The molecule has 2 heterocycles. The number of carbonyl (C=O) groups excluding carboxylic acids is 1. The van der Waals surface area contributed by atoms with E-state index in [1.807, 2.05) is 11.4 Å². The van der Waals surface area contributed by atoms with Gasteiger partial charge in [0.2, 0.25) is 5.91 Å². The van der Waals surface area contributed by atoms with Crippen molar-refractivity contribution in [2.24, 2.45) is 5.73 Å². The Morgan fingerprint density at radius 2 is 2.05 bits per heavy atom. The number of alkyl halides is 3. The monoisotopic (exact) mass is 324 g/mol. The molecule has 0 radical (unpaired) electrons. The van der Waals surface area contributed by atoms with Crippen LogP contribution in [-0.2, 0) is 4.79 Å². The highest BCUT2D eigenvalue weighted by atomic mass is 32.1. The van der Waals surface area contributed by atoms with E-state index in [2.05, 4.69) is 5.32 Å². The molecular formula is C12H15F3N2O3S. The Morgan fingerprint density at radius 1 is 1.43 bits per heavy atom. The maximum absolute atomic E-state index is 11.1. The van der Waals surface area contributed by atoms with Gasteiger partial charge in [0, 0.05) is 17.3 Å². The molecule has 4 N–H and O–H groups in total. The van der Waals surface area contributed by atoms with Crippen molar-refractivity contribution in [3.63, 3.8) is 0 Å². The Kier molecular flexibility index (Phi) is 6.16. The number of hydrogen-bond donors (Lipinski definition) is 3. The fourth-order valence-corrected chi connectivity index (χ4v) is 2.96. The fourth-order valence-electron chi connectivity index (χ4n) is 1.92. The molecule has 9 heteroatoms. The summed E-state index contributed by atoms with van der Waals surface area (Å²) in [6.45, 7) is 2.06. The zero-order valence-corrected chi connectivity index (χ0v) is 11.8. The molecule has 2 rings (SSSR count). The lowest BCUT2D eigenvalue weighted by Gasteiger charge is -2.22. The molecule has 5 nitrogen and oxygen atoms in total. The number of carboxylic acids is 1. The van der Waals surface area contributed by atoms with E-state index in [1.165, 1.54) is 6.42 Å². The minimum atomic E-state index is -5.08. The van der Waals surface area contributed by atoms with Gasteiger partial charge in [-0.15, -0.1) is 11.3 Å². The van der Waals surface area contributed by atoms with Gasteiger partial charge in [0.05, 0.1) is 5.56 Å². The molecular weight excluding hydrogens is 309 g/mol. The molecule has 1 amide bonds. The lowest BCUT2D eigenvalue weighted by atomic mass is 9.95. The predicted octanol–water partition coefficient (Wildman–Crippen LogP) is 1.95. The number of aliphatic carboxylic acids is 1. The zero-order chi connectivity index (χ0) is 16.0. The first-order chi connectivity index (χ1) is 9.73. The molecule has 1 aliphatic rings. The second kappa shape index (κ2) is 7.41. The Morgan fingerprint density at radius 3 is 2.48 bits per heavy atom. The summed E-state index contributed by atoms with van der Waals surface area (Å²) in [5, 5.41) is 12.4. The van der Waals surface area contributed by atoms with Crippen LogP contribution in [0.2, 0.25) is 0 Å². The molecule has 0 aliphatic carbocycles. The van der Waals surface area contributed by atoms with Crippen molar-refractivity contribution in [1.29, 1.82) is 0 Å². The van der Waals surface area contributed by atoms with Crippen LogP contribution < -0.4 is 11.1 Å². The maximum atomic E-state index is 11.1. The van der Waals surface area contributed by atoms with Crippen molar-refractivity contribution in [1.82, 2.24) is 5.32 Å². The van der Waals surface area contributed by atoms with Gasteiger partial charge in [-0.3, -0.25) is 4.79 Å². The van der Waals surface area contributed by atoms with E-state index in [1.54, 1.807) is 11.3 Å². The summed E-state index contributed by atoms with van der Waals surface area (Å²) in [4.78, 5) is 21.2. The summed E-state index contributed by atoms with van der Waals surface area (Å²) < 4.78 is 31.7.